The number of rotatable bonds is 5. The lowest BCUT2D eigenvalue weighted by Gasteiger charge is -2.23. The van der Waals surface area contributed by atoms with Crippen molar-refractivity contribution in [1.82, 2.24) is 14.9 Å². The average molecular weight is 271 g/mol. The molecular formula is C11H19ClN6. The molecule has 18 heavy (non-hydrogen) atoms. The van der Waals surface area contributed by atoms with E-state index in [0.29, 0.717) is 22.8 Å². The van der Waals surface area contributed by atoms with Gasteiger partial charge in [0, 0.05) is 12.6 Å². The minimum atomic E-state index is 0.362. The molecular weight excluding hydrogens is 252 g/mol. The summed E-state index contributed by atoms with van der Waals surface area (Å²) in [4.78, 5) is 10.6. The molecule has 0 saturated carbocycles. The standard InChI is InChI=1S/C11H19ClN6/c1-2-18-5-3-4-8(18)6-14-10-9(12)7-15-11(16-10)17-13/h7-8H,2-6,13H2,1H3,(H2,14,15,16,17). The maximum absolute atomic E-state index is 6.04. The third-order valence-electron chi connectivity index (χ3n) is 3.28. The van der Waals surface area contributed by atoms with Crippen molar-refractivity contribution in [3.8, 4) is 0 Å². The SMILES string of the molecule is CCN1CCCC1CNc1nc(NN)ncc1Cl. The number of hydrogen-bond donors (Lipinski definition) is 3. The Bertz CT molecular complexity index is 399. The molecule has 7 heteroatoms. The predicted molar refractivity (Wildman–Crippen MR) is 73.6 cm³/mol. The molecule has 0 spiro atoms. The van der Waals surface area contributed by atoms with E-state index < -0.39 is 0 Å². The summed E-state index contributed by atoms with van der Waals surface area (Å²) >= 11 is 6.04. The maximum atomic E-state index is 6.04. The second kappa shape index (κ2) is 6.17. The zero-order chi connectivity index (χ0) is 13.0. The van der Waals surface area contributed by atoms with Gasteiger partial charge >= 0.3 is 0 Å². The zero-order valence-electron chi connectivity index (χ0n) is 10.5. The zero-order valence-corrected chi connectivity index (χ0v) is 11.2. The van der Waals surface area contributed by atoms with Crippen molar-refractivity contribution in [2.45, 2.75) is 25.8 Å². The quantitative estimate of drug-likeness (QED) is 0.553. The molecule has 0 aromatic carbocycles. The van der Waals surface area contributed by atoms with Gasteiger partial charge in [0.15, 0.2) is 5.82 Å². The molecule has 1 unspecified atom stereocenters. The first kappa shape index (κ1) is 13.3. The van der Waals surface area contributed by atoms with Crippen LogP contribution in [0.4, 0.5) is 11.8 Å². The van der Waals surface area contributed by atoms with E-state index in [9.17, 15) is 0 Å². The predicted octanol–water partition coefficient (Wildman–Crippen LogP) is 1.31. The van der Waals surface area contributed by atoms with Crippen LogP contribution in [0.5, 0.6) is 0 Å². The van der Waals surface area contributed by atoms with Crippen LogP contribution in [0.3, 0.4) is 0 Å². The van der Waals surface area contributed by atoms with Gasteiger partial charge in [-0.2, -0.15) is 4.98 Å². The Balaban J connectivity index is 1.97. The molecule has 1 atom stereocenters. The maximum Gasteiger partial charge on any atom is 0.239 e. The summed E-state index contributed by atoms with van der Waals surface area (Å²) in [6, 6.07) is 0.551. The average Bonchev–Trinajstić information content (AvgIpc) is 2.85. The summed E-state index contributed by atoms with van der Waals surface area (Å²) in [5.74, 6) is 6.27. The van der Waals surface area contributed by atoms with Gasteiger partial charge in [0.05, 0.1) is 6.20 Å². The molecule has 1 aliphatic heterocycles. The van der Waals surface area contributed by atoms with E-state index in [1.807, 2.05) is 0 Å². The van der Waals surface area contributed by atoms with Crippen LogP contribution in [0.25, 0.3) is 0 Å². The minimum Gasteiger partial charge on any atom is -0.367 e. The summed E-state index contributed by atoms with van der Waals surface area (Å²) in [6.45, 7) is 5.29. The van der Waals surface area contributed by atoms with Crippen LogP contribution >= 0.6 is 11.6 Å². The van der Waals surface area contributed by atoms with E-state index in [1.54, 1.807) is 0 Å². The summed E-state index contributed by atoms with van der Waals surface area (Å²) < 4.78 is 0. The Morgan fingerprint density at radius 3 is 3.17 bits per heavy atom. The fourth-order valence-corrected chi connectivity index (χ4v) is 2.48. The summed E-state index contributed by atoms with van der Waals surface area (Å²) in [5.41, 5.74) is 2.41. The normalized spacial score (nSPS) is 20.1. The highest BCUT2D eigenvalue weighted by Crippen LogP contribution is 2.21. The Labute approximate surface area is 112 Å². The second-order valence-corrected chi connectivity index (χ2v) is 4.75. The molecule has 1 fully saturated rings. The number of likely N-dealkylation sites (N-methyl/N-ethyl adjacent to an activating group) is 1. The van der Waals surface area contributed by atoms with Crippen molar-refractivity contribution in [3.63, 3.8) is 0 Å². The molecule has 1 aromatic heterocycles. The minimum absolute atomic E-state index is 0.362. The van der Waals surface area contributed by atoms with Gasteiger partial charge in [-0.1, -0.05) is 18.5 Å². The number of anilines is 2. The van der Waals surface area contributed by atoms with Crippen LogP contribution in [0, 0.1) is 0 Å². The van der Waals surface area contributed by atoms with Crippen molar-refractivity contribution >= 4 is 23.4 Å². The van der Waals surface area contributed by atoms with Gasteiger partial charge in [-0.25, -0.2) is 10.8 Å². The van der Waals surface area contributed by atoms with Crippen molar-refractivity contribution in [2.75, 3.05) is 30.4 Å². The number of hydrogen-bond acceptors (Lipinski definition) is 6. The van der Waals surface area contributed by atoms with Crippen molar-refractivity contribution in [2.24, 2.45) is 5.84 Å². The summed E-state index contributed by atoms with van der Waals surface area (Å²) in [5, 5.41) is 3.78. The molecule has 0 aliphatic carbocycles. The molecule has 1 saturated heterocycles. The molecule has 4 N–H and O–H groups in total. The van der Waals surface area contributed by atoms with Gasteiger partial charge in [0.2, 0.25) is 5.95 Å². The number of nitrogen functional groups attached to an aromatic ring is 1. The fourth-order valence-electron chi connectivity index (χ4n) is 2.32. The highest BCUT2D eigenvalue weighted by molar-refractivity contribution is 6.32. The molecule has 2 rings (SSSR count). The van der Waals surface area contributed by atoms with Crippen LogP contribution in [-0.2, 0) is 0 Å². The van der Waals surface area contributed by atoms with Gasteiger partial charge < -0.3 is 5.32 Å². The number of halogens is 1. The highest BCUT2D eigenvalue weighted by Gasteiger charge is 2.22. The van der Waals surface area contributed by atoms with E-state index in [1.165, 1.54) is 25.6 Å². The first-order valence-electron chi connectivity index (χ1n) is 6.21. The summed E-state index contributed by atoms with van der Waals surface area (Å²) in [6.07, 6.45) is 4.01. The second-order valence-electron chi connectivity index (χ2n) is 4.34. The number of hydrazine groups is 1. The van der Waals surface area contributed by atoms with Gasteiger partial charge in [-0.05, 0) is 25.9 Å². The number of nitrogens with zero attached hydrogens (tertiary/aromatic N) is 3. The monoisotopic (exact) mass is 270 g/mol. The van der Waals surface area contributed by atoms with Gasteiger partial charge in [0.1, 0.15) is 5.02 Å². The lowest BCUT2D eigenvalue weighted by Crippen LogP contribution is -2.34. The molecule has 1 aliphatic rings. The Morgan fingerprint density at radius 2 is 2.44 bits per heavy atom. The molecule has 0 bridgehead atoms. The van der Waals surface area contributed by atoms with Crippen molar-refractivity contribution in [1.29, 1.82) is 0 Å². The topological polar surface area (TPSA) is 79.1 Å². The lowest BCUT2D eigenvalue weighted by molar-refractivity contribution is 0.277. The number of aromatic nitrogens is 2. The Morgan fingerprint density at radius 1 is 1.61 bits per heavy atom. The molecule has 6 nitrogen and oxygen atoms in total. The first-order valence-corrected chi connectivity index (χ1v) is 6.59. The van der Waals surface area contributed by atoms with E-state index in [0.717, 1.165) is 13.1 Å². The van der Waals surface area contributed by atoms with E-state index in [4.69, 9.17) is 17.4 Å². The van der Waals surface area contributed by atoms with Crippen LogP contribution in [0.15, 0.2) is 6.20 Å². The van der Waals surface area contributed by atoms with Gasteiger partial charge in [0.25, 0.3) is 0 Å². The third-order valence-corrected chi connectivity index (χ3v) is 3.56. The number of likely N-dealkylation sites (tertiary alicyclic amines) is 1. The van der Waals surface area contributed by atoms with Crippen LogP contribution < -0.4 is 16.6 Å². The molecule has 100 valence electrons. The van der Waals surface area contributed by atoms with E-state index in [-0.39, 0.29) is 0 Å². The molecule has 0 amide bonds. The number of nitrogens with one attached hydrogen (secondary N) is 2. The molecule has 2 heterocycles. The summed E-state index contributed by atoms with van der Waals surface area (Å²) in [7, 11) is 0. The Kier molecular flexibility index (Phi) is 4.57. The van der Waals surface area contributed by atoms with E-state index in [2.05, 4.69) is 32.5 Å². The van der Waals surface area contributed by atoms with Crippen LogP contribution in [0.1, 0.15) is 19.8 Å². The van der Waals surface area contributed by atoms with Gasteiger partial charge in [-0.15, -0.1) is 0 Å². The van der Waals surface area contributed by atoms with Crippen molar-refractivity contribution < 1.29 is 0 Å². The lowest BCUT2D eigenvalue weighted by atomic mass is 10.2. The largest absolute Gasteiger partial charge is 0.367 e. The van der Waals surface area contributed by atoms with E-state index >= 15 is 0 Å². The van der Waals surface area contributed by atoms with Crippen molar-refractivity contribution in [3.05, 3.63) is 11.2 Å². The fraction of sp³-hybridized carbons (Fsp3) is 0.636. The molecule has 0 radical (unpaired) electrons. The number of nitrogens with two attached hydrogens (primary N) is 1. The Hall–Kier alpha value is -1.11. The van der Waals surface area contributed by atoms with Crippen LogP contribution in [-0.4, -0.2) is 40.5 Å². The molecule has 1 aromatic rings. The van der Waals surface area contributed by atoms with Gasteiger partial charge in [-0.3, -0.25) is 10.3 Å². The third kappa shape index (κ3) is 3.01. The first-order chi connectivity index (χ1) is 8.74. The van der Waals surface area contributed by atoms with Crippen LogP contribution in [0.2, 0.25) is 5.02 Å². The smallest absolute Gasteiger partial charge is 0.239 e. The highest BCUT2D eigenvalue weighted by atomic mass is 35.5.